The van der Waals surface area contributed by atoms with Gasteiger partial charge in [-0.25, -0.2) is 4.39 Å². The summed E-state index contributed by atoms with van der Waals surface area (Å²) in [5.74, 6) is 0. The van der Waals surface area contributed by atoms with Crippen LogP contribution in [0.15, 0.2) is 0 Å². The molecule has 1 unspecified atom stereocenters. The molecule has 0 saturated carbocycles. The molecule has 0 bridgehead atoms. The van der Waals surface area contributed by atoms with Crippen molar-refractivity contribution in [1.82, 2.24) is 0 Å². The predicted octanol–water partition coefficient (Wildman–Crippen LogP) is 2.22. The van der Waals surface area contributed by atoms with Crippen LogP contribution < -0.4 is 0 Å². The second-order valence-corrected chi connectivity index (χ2v) is 8.27. The minimum absolute atomic E-state index is 0.169. The Balaban J connectivity index is 5.48. The topological polar surface area (TPSA) is 113 Å². The molecular weight excluding hydrogens is 301 g/mol. The van der Waals surface area contributed by atoms with E-state index in [9.17, 15) is 13.5 Å². The summed E-state index contributed by atoms with van der Waals surface area (Å²) < 4.78 is 47.8. The van der Waals surface area contributed by atoms with Crippen molar-refractivity contribution in [2.75, 3.05) is 19.8 Å². The van der Waals surface area contributed by atoms with Crippen LogP contribution in [0.25, 0.3) is 0 Å². The Morgan fingerprint density at radius 1 is 1.11 bits per heavy atom. The predicted molar refractivity (Wildman–Crippen MR) is 67.7 cm³/mol. The van der Waals surface area contributed by atoms with E-state index in [1.54, 1.807) is 13.8 Å². The lowest BCUT2D eigenvalue weighted by molar-refractivity contribution is 0.133. The van der Waals surface area contributed by atoms with E-state index in [0.29, 0.717) is 12.8 Å². The van der Waals surface area contributed by atoms with Gasteiger partial charge in [-0.15, -0.1) is 0 Å². The van der Waals surface area contributed by atoms with Gasteiger partial charge in [0, 0.05) is 13.0 Å². The first-order valence-electron chi connectivity index (χ1n) is 5.93. The molecule has 0 rings (SSSR count). The largest absolute Gasteiger partial charge is 0.396 e. The number of aliphatic hydroxyl groups excluding tert-OH is 1. The molecule has 0 saturated heterocycles. The van der Waals surface area contributed by atoms with E-state index in [1.165, 1.54) is 0 Å². The van der Waals surface area contributed by atoms with Gasteiger partial charge in [-0.2, -0.15) is 0 Å². The van der Waals surface area contributed by atoms with Crippen LogP contribution in [0.2, 0.25) is 0 Å². The Kier molecular flexibility index (Phi) is 7.91. The lowest BCUT2D eigenvalue weighted by atomic mass is 10.5. The van der Waals surface area contributed by atoms with Crippen LogP contribution in [-0.4, -0.2) is 39.9 Å². The van der Waals surface area contributed by atoms with Gasteiger partial charge in [0.25, 0.3) is 0 Å². The second-order valence-electron chi connectivity index (χ2n) is 3.90. The van der Waals surface area contributed by atoms with E-state index in [2.05, 4.69) is 0 Å². The van der Waals surface area contributed by atoms with Crippen molar-refractivity contribution < 1.29 is 37.5 Å². The standard InChI is InChI=1S/C9H21FO7P2/c1-3-7-16-19(15,17-8-4-2)9(10,5-6-11)18(12,13)14/h11H,3-8H2,1-2H3,(H2,12,13,14). The van der Waals surface area contributed by atoms with E-state index in [-0.39, 0.29) is 13.2 Å². The summed E-state index contributed by atoms with van der Waals surface area (Å²) in [4.78, 5) is 18.2. The van der Waals surface area contributed by atoms with Crippen LogP contribution in [0, 0.1) is 0 Å². The Bertz CT molecular complexity index is 346. The minimum Gasteiger partial charge on any atom is -0.396 e. The van der Waals surface area contributed by atoms with Gasteiger partial charge in [0.05, 0.1) is 13.2 Å². The summed E-state index contributed by atoms with van der Waals surface area (Å²) in [5, 5.41) is 5.24. The third-order valence-electron chi connectivity index (χ3n) is 2.23. The quantitative estimate of drug-likeness (QED) is 0.528. The molecule has 0 heterocycles. The smallest absolute Gasteiger partial charge is 0.380 e. The molecule has 0 aliphatic carbocycles. The fourth-order valence-corrected chi connectivity index (χ4v) is 4.95. The van der Waals surface area contributed by atoms with Crippen molar-refractivity contribution in [3.8, 4) is 0 Å². The zero-order valence-electron chi connectivity index (χ0n) is 11.0. The molecular formula is C9H21FO7P2. The van der Waals surface area contributed by atoms with Crippen LogP contribution in [0.5, 0.6) is 0 Å². The van der Waals surface area contributed by atoms with Gasteiger partial charge in [-0.05, 0) is 12.8 Å². The fourth-order valence-electron chi connectivity index (χ4n) is 1.24. The van der Waals surface area contributed by atoms with Crippen molar-refractivity contribution in [2.45, 2.75) is 38.3 Å². The fraction of sp³-hybridized carbons (Fsp3) is 1.00. The van der Waals surface area contributed by atoms with Gasteiger partial charge in [0.1, 0.15) is 0 Å². The van der Waals surface area contributed by atoms with Gasteiger partial charge in [0.15, 0.2) is 0 Å². The molecule has 0 spiro atoms. The maximum atomic E-state index is 14.6. The van der Waals surface area contributed by atoms with E-state index in [4.69, 9.17) is 23.9 Å². The Labute approximate surface area is 111 Å². The molecule has 0 amide bonds. The molecule has 0 aromatic carbocycles. The number of hydrogen-bond donors (Lipinski definition) is 3. The molecule has 0 radical (unpaired) electrons. The molecule has 0 fully saturated rings. The molecule has 3 N–H and O–H groups in total. The molecule has 19 heavy (non-hydrogen) atoms. The van der Waals surface area contributed by atoms with Gasteiger partial charge >= 0.3 is 20.3 Å². The maximum absolute atomic E-state index is 14.6. The molecule has 10 heteroatoms. The first-order chi connectivity index (χ1) is 8.68. The van der Waals surface area contributed by atoms with E-state index in [1.807, 2.05) is 0 Å². The Morgan fingerprint density at radius 2 is 1.53 bits per heavy atom. The number of rotatable bonds is 10. The average Bonchev–Trinajstić information content (AvgIpc) is 2.32. The van der Waals surface area contributed by atoms with Gasteiger partial charge < -0.3 is 23.9 Å². The second kappa shape index (κ2) is 7.84. The first-order valence-corrected chi connectivity index (χ1v) is 9.08. The zero-order valence-corrected chi connectivity index (χ0v) is 12.8. The Morgan fingerprint density at radius 3 is 1.79 bits per heavy atom. The molecule has 116 valence electrons. The van der Waals surface area contributed by atoms with Crippen LogP contribution >= 0.6 is 15.2 Å². The van der Waals surface area contributed by atoms with Crippen LogP contribution in [0.3, 0.4) is 0 Å². The molecule has 0 aliphatic rings. The SMILES string of the molecule is CCCOP(=O)(OCCC)C(F)(CCO)P(=O)(O)O. The van der Waals surface area contributed by atoms with Gasteiger partial charge in [-0.1, -0.05) is 13.8 Å². The van der Waals surface area contributed by atoms with Crippen molar-refractivity contribution >= 4 is 15.2 Å². The van der Waals surface area contributed by atoms with Crippen molar-refractivity contribution in [2.24, 2.45) is 0 Å². The van der Waals surface area contributed by atoms with Crippen LogP contribution in [-0.2, 0) is 18.2 Å². The number of hydrogen-bond acceptors (Lipinski definition) is 5. The number of halogens is 1. The van der Waals surface area contributed by atoms with Crippen molar-refractivity contribution in [3.63, 3.8) is 0 Å². The summed E-state index contributed by atoms with van der Waals surface area (Å²) in [5.41, 5.74) is 0. The molecule has 0 aromatic rings. The van der Waals surface area contributed by atoms with Crippen LogP contribution in [0.4, 0.5) is 4.39 Å². The normalized spacial score (nSPS) is 16.3. The van der Waals surface area contributed by atoms with Crippen molar-refractivity contribution in [1.29, 1.82) is 0 Å². The lowest BCUT2D eigenvalue weighted by Crippen LogP contribution is -2.27. The summed E-state index contributed by atoms with van der Waals surface area (Å²) in [6.45, 7) is 2.09. The van der Waals surface area contributed by atoms with E-state index in [0.717, 1.165) is 0 Å². The highest BCUT2D eigenvalue weighted by molar-refractivity contribution is 7.73. The summed E-state index contributed by atoms with van der Waals surface area (Å²) in [6.07, 6.45) is -0.284. The highest BCUT2D eigenvalue weighted by Gasteiger charge is 2.64. The van der Waals surface area contributed by atoms with E-state index >= 15 is 0 Å². The zero-order chi connectivity index (χ0) is 15.2. The summed E-state index contributed by atoms with van der Waals surface area (Å²) >= 11 is 0. The van der Waals surface area contributed by atoms with Gasteiger partial charge in [0.2, 0.25) is 0 Å². The lowest BCUT2D eigenvalue weighted by Gasteiger charge is -2.32. The molecule has 1 atom stereocenters. The van der Waals surface area contributed by atoms with Crippen LogP contribution in [0.1, 0.15) is 33.1 Å². The number of alkyl halides is 1. The average molecular weight is 322 g/mol. The van der Waals surface area contributed by atoms with Gasteiger partial charge in [-0.3, -0.25) is 9.13 Å². The maximum Gasteiger partial charge on any atom is 0.380 e. The third kappa shape index (κ3) is 4.60. The minimum atomic E-state index is -5.45. The van der Waals surface area contributed by atoms with Crippen molar-refractivity contribution in [3.05, 3.63) is 0 Å². The Hall–Kier alpha value is 0.190. The summed E-state index contributed by atoms with van der Waals surface area (Å²) in [6, 6.07) is 0. The monoisotopic (exact) mass is 322 g/mol. The highest BCUT2D eigenvalue weighted by Crippen LogP contribution is 2.76. The number of aliphatic hydroxyl groups is 1. The summed E-state index contributed by atoms with van der Waals surface area (Å²) in [7, 11) is -10.1. The molecule has 0 aliphatic heterocycles. The highest BCUT2D eigenvalue weighted by atomic mass is 31.2. The molecule has 7 nitrogen and oxygen atoms in total. The van der Waals surface area contributed by atoms with E-state index < -0.39 is 33.4 Å². The first kappa shape index (κ1) is 19.2. The third-order valence-corrected chi connectivity index (χ3v) is 6.97. The molecule has 0 aromatic heterocycles.